The van der Waals surface area contributed by atoms with Gasteiger partial charge in [-0.1, -0.05) is 41.9 Å². The van der Waals surface area contributed by atoms with E-state index in [1.54, 1.807) is 6.92 Å². The maximum absolute atomic E-state index is 9.18. The molecule has 4 heteroatoms. The lowest BCUT2D eigenvalue weighted by molar-refractivity contribution is 0.191. The van der Waals surface area contributed by atoms with Gasteiger partial charge in [0, 0.05) is 23.7 Å². The molecule has 0 spiro atoms. The van der Waals surface area contributed by atoms with E-state index in [1.165, 1.54) is 0 Å². The Bertz CT molecular complexity index is 555. The summed E-state index contributed by atoms with van der Waals surface area (Å²) in [5.74, 6) is 0.814. The normalized spacial score (nSPS) is 12.1. The van der Waals surface area contributed by atoms with Crippen molar-refractivity contribution < 1.29 is 9.84 Å². The predicted octanol–water partition coefficient (Wildman–Crippen LogP) is 3.39. The minimum absolute atomic E-state index is 0.330. The van der Waals surface area contributed by atoms with Gasteiger partial charge in [-0.15, -0.1) is 0 Å². The molecule has 0 radical (unpaired) electrons. The van der Waals surface area contributed by atoms with Crippen molar-refractivity contribution in [2.75, 3.05) is 6.54 Å². The van der Waals surface area contributed by atoms with Crippen LogP contribution < -0.4 is 10.1 Å². The summed E-state index contributed by atoms with van der Waals surface area (Å²) < 4.78 is 5.73. The molecule has 0 unspecified atom stereocenters. The number of aliphatic hydroxyl groups excluding tert-OH is 1. The molecule has 1 atom stereocenters. The molecule has 0 saturated heterocycles. The molecule has 0 aliphatic heterocycles. The third-order valence-corrected chi connectivity index (χ3v) is 3.41. The number of hydrogen-bond acceptors (Lipinski definition) is 3. The van der Waals surface area contributed by atoms with E-state index in [0.29, 0.717) is 13.2 Å². The van der Waals surface area contributed by atoms with Crippen molar-refractivity contribution in [2.45, 2.75) is 26.2 Å². The fraction of sp³-hybridized carbons (Fsp3) is 0.294. The summed E-state index contributed by atoms with van der Waals surface area (Å²) in [6.07, 6.45) is -0.330. The molecule has 2 aromatic rings. The molecular formula is C17H20ClNO2. The first kappa shape index (κ1) is 15.8. The van der Waals surface area contributed by atoms with Gasteiger partial charge in [0.05, 0.1) is 6.10 Å². The number of halogens is 1. The van der Waals surface area contributed by atoms with Crippen LogP contribution in [0.25, 0.3) is 0 Å². The second kappa shape index (κ2) is 8.03. The Morgan fingerprint density at radius 3 is 2.52 bits per heavy atom. The third kappa shape index (κ3) is 5.38. The van der Waals surface area contributed by atoms with Gasteiger partial charge < -0.3 is 15.2 Å². The zero-order valence-electron chi connectivity index (χ0n) is 12.1. The van der Waals surface area contributed by atoms with E-state index in [9.17, 15) is 5.11 Å². The van der Waals surface area contributed by atoms with E-state index in [2.05, 4.69) is 5.32 Å². The number of hydrogen-bond donors (Lipinski definition) is 2. The largest absolute Gasteiger partial charge is 0.489 e. The minimum atomic E-state index is -0.330. The fourth-order valence-electron chi connectivity index (χ4n) is 1.91. The lowest BCUT2D eigenvalue weighted by atomic mass is 10.2. The van der Waals surface area contributed by atoms with Gasteiger partial charge in [0.25, 0.3) is 0 Å². The second-order valence-corrected chi connectivity index (χ2v) is 5.41. The van der Waals surface area contributed by atoms with Crippen LogP contribution in [0.2, 0.25) is 5.02 Å². The van der Waals surface area contributed by atoms with Crippen LogP contribution in [0.3, 0.4) is 0 Å². The maximum atomic E-state index is 9.18. The number of nitrogens with one attached hydrogen (secondary N) is 1. The molecule has 0 heterocycles. The molecule has 0 fully saturated rings. The van der Waals surface area contributed by atoms with Crippen molar-refractivity contribution in [1.29, 1.82) is 0 Å². The molecule has 3 nitrogen and oxygen atoms in total. The first-order valence-corrected chi connectivity index (χ1v) is 7.37. The van der Waals surface area contributed by atoms with Crippen LogP contribution in [0, 0.1) is 0 Å². The fourth-order valence-corrected chi connectivity index (χ4v) is 2.10. The lowest BCUT2D eigenvalue weighted by Crippen LogP contribution is -2.23. The van der Waals surface area contributed by atoms with Crippen molar-refractivity contribution in [1.82, 2.24) is 5.32 Å². The standard InChI is InChI=1S/C17H20ClNO2/c1-13(20)10-19-11-14-6-8-16(9-7-14)21-12-15-4-2-3-5-17(15)18/h2-9,13,19-20H,10-12H2,1H3/t13-/m0/s1. The smallest absolute Gasteiger partial charge is 0.119 e. The van der Waals surface area contributed by atoms with Gasteiger partial charge in [-0.25, -0.2) is 0 Å². The highest BCUT2D eigenvalue weighted by Crippen LogP contribution is 2.18. The molecule has 2 N–H and O–H groups in total. The maximum Gasteiger partial charge on any atom is 0.119 e. The summed E-state index contributed by atoms with van der Waals surface area (Å²) in [6.45, 7) is 3.54. The SMILES string of the molecule is C[C@H](O)CNCc1ccc(OCc2ccccc2Cl)cc1. The van der Waals surface area contributed by atoms with Gasteiger partial charge in [0.1, 0.15) is 12.4 Å². The molecule has 0 amide bonds. The Kier molecular flexibility index (Phi) is 6.05. The van der Waals surface area contributed by atoms with Crippen LogP contribution in [0.1, 0.15) is 18.1 Å². The zero-order chi connectivity index (χ0) is 15.1. The number of aliphatic hydroxyl groups is 1. The molecule has 0 aliphatic carbocycles. The Balaban J connectivity index is 1.84. The zero-order valence-corrected chi connectivity index (χ0v) is 12.8. The highest BCUT2D eigenvalue weighted by atomic mass is 35.5. The monoisotopic (exact) mass is 305 g/mol. The van der Waals surface area contributed by atoms with Gasteiger partial charge in [0.2, 0.25) is 0 Å². The van der Waals surface area contributed by atoms with E-state index in [-0.39, 0.29) is 6.10 Å². The summed E-state index contributed by atoms with van der Waals surface area (Å²) in [4.78, 5) is 0. The average molecular weight is 306 g/mol. The number of ether oxygens (including phenoxy) is 1. The topological polar surface area (TPSA) is 41.5 Å². The van der Waals surface area contributed by atoms with Crippen LogP contribution >= 0.6 is 11.6 Å². The van der Waals surface area contributed by atoms with Crippen LogP contribution in [0.4, 0.5) is 0 Å². The molecule has 112 valence electrons. The molecule has 21 heavy (non-hydrogen) atoms. The van der Waals surface area contributed by atoms with Crippen molar-refractivity contribution in [3.8, 4) is 5.75 Å². The van der Waals surface area contributed by atoms with Crippen molar-refractivity contribution >= 4 is 11.6 Å². The number of benzene rings is 2. The van der Waals surface area contributed by atoms with E-state index in [4.69, 9.17) is 16.3 Å². The van der Waals surface area contributed by atoms with E-state index < -0.39 is 0 Å². The van der Waals surface area contributed by atoms with Crippen LogP contribution in [0.5, 0.6) is 5.75 Å². The Hall–Kier alpha value is -1.55. The quantitative estimate of drug-likeness (QED) is 0.824. The van der Waals surface area contributed by atoms with Gasteiger partial charge in [-0.3, -0.25) is 0 Å². The highest BCUT2D eigenvalue weighted by molar-refractivity contribution is 6.31. The lowest BCUT2D eigenvalue weighted by Gasteiger charge is -2.09. The van der Waals surface area contributed by atoms with Gasteiger partial charge in [-0.2, -0.15) is 0 Å². The Labute approximate surface area is 130 Å². The van der Waals surface area contributed by atoms with Crippen molar-refractivity contribution in [2.24, 2.45) is 0 Å². The Morgan fingerprint density at radius 1 is 1.14 bits per heavy atom. The van der Waals surface area contributed by atoms with Crippen LogP contribution in [-0.2, 0) is 13.2 Å². The molecule has 0 aromatic heterocycles. The first-order valence-electron chi connectivity index (χ1n) is 6.99. The summed E-state index contributed by atoms with van der Waals surface area (Å²) in [5.41, 5.74) is 2.13. The van der Waals surface area contributed by atoms with E-state index in [0.717, 1.165) is 28.4 Å². The molecule has 0 aliphatic rings. The second-order valence-electron chi connectivity index (χ2n) is 5.00. The molecule has 0 saturated carbocycles. The predicted molar refractivity (Wildman–Crippen MR) is 85.6 cm³/mol. The third-order valence-electron chi connectivity index (χ3n) is 3.04. The van der Waals surface area contributed by atoms with E-state index >= 15 is 0 Å². The molecular weight excluding hydrogens is 286 g/mol. The molecule has 2 aromatic carbocycles. The summed E-state index contributed by atoms with van der Waals surface area (Å²) >= 11 is 6.09. The average Bonchev–Trinajstić information content (AvgIpc) is 2.47. The van der Waals surface area contributed by atoms with Gasteiger partial charge in [0.15, 0.2) is 0 Å². The van der Waals surface area contributed by atoms with E-state index in [1.807, 2.05) is 48.5 Å². The summed E-state index contributed by atoms with van der Waals surface area (Å²) in [5, 5.41) is 13.1. The Morgan fingerprint density at radius 2 is 1.86 bits per heavy atom. The number of rotatable bonds is 7. The summed E-state index contributed by atoms with van der Waals surface area (Å²) in [7, 11) is 0. The minimum Gasteiger partial charge on any atom is -0.489 e. The molecule has 2 rings (SSSR count). The van der Waals surface area contributed by atoms with Gasteiger partial charge in [-0.05, 0) is 30.7 Å². The first-order chi connectivity index (χ1) is 10.1. The summed E-state index contributed by atoms with van der Waals surface area (Å²) in [6, 6.07) is 15.6. The van der Waals surface area contributed by atoms with Crippen molar-refractivity contribution in [3.63, 3.8) is 0 Å². The highest BCUT2D eigenvalue weighted by Gasteiger charge is 2.01. The molecule has 0 bridgehead atoms. The van der Waals surface area contributed by atoms with Gasteiger partial charge >= 0.3 is 0 Å². The van der Waals surface area contributed by atoms with Crippen LogP contribution in [-0.4, -0.2) is 17.8 Å². The van der Waals surface area contributed by atoms with Crippen molar-refractivity contribution in [3.05, 3.63) is 64.7 Å². The van der Waals surface area contributed by atoms with Crippen LogP contribution in [0.15, 0.2) is 48.5 Å².